The summed E-state index contributed by atoms with van der Waals surface area (Å²) in [5.41, 5.74) is -0.416. The molecule has 20 rings (SSSR count). The third-order valence-corrected chi connectivity index (χ3v) is 33.4. The lowest BCUT2D eigenvalue weighted by Crippen LogP contribution is -2.49. The number of hydrogen-bond acceptors (Lipinski definition) is 15. The highest BCUT2D eigenvalue weighted by molar-refractivity contribution is 5.77. The Morgan fingerprint density at radius 2 is 0.660 bits per heavy atom. The smallest absolute Gasteiger partial charge is 0.311 e. The molecule has 0 aromatic heterocycles. The van der Waals surface area contributed by atoms with Gasteiger partial charge in [0.25, 0.3) is 0 Å². The van der Waals surface area contributed by atoms with Crippen LogP contribution in [0.2, 0.25) is 0 Å². The molecule has 0 aliphatic heterocycles. The second kappa shape index (κ2) is 32.0. The molecule has 0 spiro atoms. The van der Waals surface area contributed by atoms with Crippen molar-refractivity contribution in [3.63, 3.8) is 0 Å². The number of ether oxygens (including phenoxy) is 9. The average Bonchev–Trinajstić information content (AvgIpc) is 1.55. The van der Waals surface area contributed by atoms with E-state index in [-0.39, 0.29) is 149 Å². The van der Waals surface area contributed by atoms with Gasteiger partial charge >= 0.3 is 35.8 Å². The van der Waals surface area contributed by atoms with Gasteiger partial charge in [-0.25, -0.2) is 0 Å². The highest BCUT2D eigenvalue weighted by Gasteiger charge is 2.70. The van der Waals surface area contributed by atoms with Gasteiger partial charge in [0.1, 0.15) is 18.3 Å². The van der Waals surface area contributed by atoms with E-state index in [2.05, 4.69) is 0 Å². The highest BCUT2D eigenvalue weighted by atomic mass is 16.7. The largest absolute Gasteiger partial charge is 0.462 e. The molecule has 20 bridgehead atoms. The van der Waals surface area contributed by atoms with Crippen molar-refractivity contribution in [2.75, 3.05) is 20.4 Å². The summed E-state index contributed by atoms with van der Waals surface area (Å²) in [5.74, 6) is 16.7. The zero-order valence-corrected chi connectivity index (χ0v) is 59.9. The van der Waals surface area contributed by atoms with Crippen molar-refractivity contribution in [1.29, 1.82) is 0 Å². The molecule has 32 unspecified atom stereocenters. The van der Waals surface area contributed by atoms with Gasteiger partial charge in [-0.2, -0.15) is 0 Å². The van der Waals surface area contributed by atoms with Gasteiger partial charge in [-0.1, -0.05) is 79.2 Å². The lowest BCUT2D eigenvalue weighted by molar-refractivity contribution is -0.192. The Bertz CT molecular complexity index is 2930. The standard InChI is InChI=1S/C29H42O5.C27H40O5.C26H38O5.6CH4/c1-3-14(2)28(30)34-24-12-18-11-23(24)26-21-9-17(25(18)26)10-22(21)29(31)33-13-32-27-19-5-15-4-16(7-19)8-20(27)6-15;1-4-27(2,3)26(29)32-22-12-17-11-20(22)24-18-9-16(23(17)24)10-19(18)25(28)31-13-30-21-8-14-5-6-15(21)7-14;1-3-13(2)25(27)31-22-11-17-10-20(22)24-18-8-16(23(17)24)9-19(18)26(28)30-12-29-21-7-14-4-5-15(21)6-14;;;;;;/h14-27H,3-13H2,1-2H3;14-24H,4-13H2,1-3H3;13-24H,3-12H2,1-2H3;6*1H4. The first kappa shape index (κ1) is 80.7. The van der Waals surface area contributed by atoms with E-state index in [0.29, 0.717) is 131 Å². The molecule has 0 heterocycles. The molecule has 0 aromatic rings. The molecular weight excluding hydrogens is 1300 g/mol. The number of fused-ring (bicyclic) bond motifs is 31. The Balaban J connectivity index is 0.000000151. The summed E-state index contributed by atoms with van der Waals surface area (Å²) in [6.45, 7) is 14.4. The van der Waals surface area contributed by atoms with E-state index in [9.17, 15) is 28.8 Å². The van der Waals surface area contributed by atoms with Crippen molar-refractivity contribution in [2.24, 2.45) is 189 Å². The van der Waals surface area contributed by atoms with Gasteiger partial charge in [0.05, 0.1) is 53.3 Å². The Kier molecular flexibility index (Phi) is 25.0. The lowest BCUT2D eigenvalue weighted by atomic mass is 9.55. The summed E-state index contributed by atoms with van der Waals surface area (Å²) in [6.07, 6.45) is 33.7. The fraction of sp³-hybridized carbons (Fsp3) is 0.932. The van der Waals surface area contributed by atoms with Crippen molar-refractivity contribution in [1.82, 2.24) is 0 Å². The maximum absolute atomic E-state index is 13.2. The van der Waals surface area contributed by atoms with Crippen LogP contribution in [-0.4, -0.2) is 92.8 Å². The van der Waals surface area contributed by atoms with Crippen molar-refractivity contribution >= 4 is 35.8 Å². The minimum absolute atomic E-state index is 0. The van der Waals surface area contributed by atoms with Gasteiger partial charge in [-0.05, 0) is 347 Å². The molecule has 0 amide bonds. The monoisotopic (exact) mass is 1440 g/mol. The summed E-state index contributed by atoms with van der Waals surface area (Å²) in [4.78, 5) is 76.7. The van der Waals surface area contributed by atoms with Crippen LogP contribution in [0, 0.1) is 189 Å². The Hall–Kier alpha value is -3.30. The molecule has 0 aromatic carbocycles. The first-order valence-electron chi connectivity index (χ1n) is 40.8. The Labute approximate surface area is 622 Å². The number of rotatable bonds is 21. The number of esters is 6. The second-order valence-corrected chi connectivity index (χ2v) is 38.0. The van der Waals surface area contributed by atoms with E-state index >= 15 is 0 Å². The molecule has 20 aliphatic carbocycles. The fourth-order valence-electron chi connectivity index (χ4n) is 28.9. The zero-order chi connectivity index (χ0) is 66.6. The molecule has 586 valence electrons. The van der Waals surface area contributed by atoms with Crippen LogP contribution in [0.25, 0.3) is 0 Å². The van der Waals surface area contributed by atoms with E-state index in [4.69, 9.17) is 42.6 Å². The van der Waals surface area contributed by atoms with E-state index in [1.54, 1.807) is 0 Å². The second-order valence-electron chi connectivity index (χ2n) is 38.0. The van der Waals surface area contributed by atoms with Gasteiger partial charge in [-0.3, -0.25) is 28.8 Å². The quantitative estimate of drug-likeness (QED) is 0.0457. The molecule has 20 aliphatic rings. The van der Waals surface area contributed by atoms with Gasteiger partial charge in [-0.15, -0.1) is 0 Å². The predicted molar refractivity (Wildman–Crippen MR) is 397 cm³/mol. The average molecular weight is 1440 g/mol. The zero-order valence-electron chi connectivity index (χ0n) is 59.9. The highest BCUT2D eigenvalue weighted by Crippen LogP contribution is 2.72. The molecule has 0 radical (unpaired) electrons. The van der Waals surface area contributed by atoms with E-state index in [0.717, 1.165) is 118 Å². The summed E-state index contributed by atoms with van der Waals surface area (Å²) in [6, 6.07) is 0. The third-order valence-electron chi connectivity index (χ3n) is 33.4. The molecule has 0 saturated heterocycles. The topological polar surface area (TPSA) is 185 Å². The van der Waals surface area contributed by atoms with Crippen LogP contribution in [0.15, 0.2) is 0 Å². The Morgan fingerprint density at radius 3 is 0.990 bits per heavy atom. The van der Waals surface area contributed by atoms with Crippen LogP contribution in [0.1, 0.15) is 273 Å². The molecular formula is C88H144O15. The van der Waals surface area contributed by atoms with Crippen molar-refractivity contribution in [3.05, 3.63) is 0 Å². The summed E-state index contributed by atoms with van der Waals surface area (Å²) >= 11 is 0. The number of carbonyl (C=O) groups is 6. The first-order valence-corrected chi connectivity index (χ1v) is 40.8. The van der Waals surface area contributed by atoms with Crippen LogP contribution >= 0.6 is 0 Å². The minimum atomic E-state index is -0.416. The molecule has 103 heavy (non-hydrogen) atoms. The summed E-state index contributed by atoms with van der Waals surface area (Å²) < 4.78 is 53.5. The fourth-order valence-corrected chi connectivity index (χ4v) is 28.9. The van der Waals surface area contributed by atoms with Crippen LogP contribution in [0.3, 0.4) is 0 Å². The molecule has 0 N–H and O–H groups in total. The summed E-state index contributed by atoms with van der Waals surface area (Å²) in [7, 11) is 0. The maximum Gasteiger partial charge on any atom is 0.311 e. The van der Waals surface area contributed by atoms with Crippen LogP contribution in [0.4, 0.5) is 0 Å². The molecule has 15 nitrogen and oxygen atoms in total. The van der Waals surface area contributed by atoms with E-state index in [1.165, 1.54) is 103 Å². The lowest BCUT2D eigenvalue weighted by Gasteiger charge is -2.53. The third kappa shape index (κ3) is 14.3. The van der Waals surface area contributed by atoms with Gasteiger partial charge in [0.2, 0.25) is 0 Å². The Morgan fingerprint density at radius 1 is 0.330 bits per heavy atom. The van der Waals surface area contributed by atoms with Crippen molar-refractivity contribution in [3.8, 4) is 0 Å². The van der Waals surface area contributed by atoms with Gasteiger partial charge in [0, 0.05) is 0 Å². The molecule has 15 heteroatoms. The first-order chi connectivity index (χ1) is 46.9. The summed E-state index contributed by atoms with van der Waals surface area (Å²) in [5, 5.41) is 0. The predicted octanol–water partition coefficient (Wildman–Crippen LogP) is 18.6. The minimum Gasteiger partial charge on any atom is -0.462 e. The molecule has 20 saturated carbocycles. The van der Waals surface area contributed by atoms with Crippen molar-refractivity contribution in [2.45, 2.75) is 309 Å². The molecule has 20 fully saturated rings. The number of hydrogen-bond donors (Lipinski definition) is 0. The van der Waals surface area contributed by atoms with Crippen molar-refractivity contribution < 1.29 is 71.4 Å². The van der Waals surface area contributed by atoms with Gasteiger partial charge < -0.3 is 42.6 Å². The molecule has 32 atom stereocenters. The normalized spacial score (nSPS) is 46.9. The van der Waals surface area contributed by atoms with Crippen LogP contribution in [0.5, 0.6) is 0 Å². The van der Waals surface area contributed by atoms with E-state index < -0.39 is 5.41 Å². The SMILES string of the molecule is C.C.C.C.C.C.CCC(C)(C)C(=O)OC1CC2CC1C1C3CC(CC3C(=O)OCOC3CC4CCC3C4)C21.CCC(C)C(=O)OC1CC2CC1C1C3CC(CC3C(=O)OCOC3C4CC5CC(C4)CC3C5)C21.CCC(C)C(=O)OC1CC2CC1C1C3CC(CC3C(=O)OCOC3CC4CCC3C4)C21. The van der Waals surface area contributed by atoms with Crippen LogP contribution in [-0.2, 0) is 71.4 Å². The van der Waals surface area contributed by atoms with Crippen LogP contribution < -0.4 is 0 Å². The maximum atomic E-state index is 13.2. The van der Waals surface area contributed by atoms with E-state index in [1.807, 2.05) is 48.5 Å². The number of carbonyl (C=O) groups excluding carboxylic acids is 6. The van der Waals surface area contributed by atoms with Gasteiger partial charge in [0.15, 0.2) is 20.4 Å².